The lowest BCUT2D eigenvalue weighted by Crippen LogP contribution is -2.25. The summed E-state index contributed by atoms with van der Waals surface area (Å²) in [5, 5.41) is 6.64. The van der Waals surface area contributed by atoms with Crippen LogP contribution in [0.1, 0.15) is 16.2 Å². The van der Waals surface area contributed by atoms with E-state index >= 15 is 0 Å². The van der Waals surface area contributed by atoms with Gasteiger partial charge in [-0.1, -0.05) is 23.7 Å². The van der Waals surface area contributed by atoms with E-state index in [-0.39, 0.29) is 11.7 Å². The number of nitrogens with two attached hydrogens (primary N) is 1. The van der Waals surface area contributed by atoms with Crippen molar-refractivity contribution in [1.29, 1.82) is 0 Å². The minimum Gasteiger partial charge on any atom is -0.431 e. The number of anilines is 2. The van der Waals surface area contributed by atoms with Gasteiger partial charge in [0.2, 0.25) is 0 Å². The van der Waals surface area contributed by atoms with E-state index in [9.17, 15) is 4.79 Å². The Morgan fingerprint density at radius 3 is 2.68 bits per heavy atom. The molecule has 2 unspecified atom stereocenters. The Labute approximate surface area is 184 Å². The monoisotopic (exact) mass is 438 g/mol. The lowest BCUT2D eigenvalue weighted by Gasteiger charge is -2.16. The van der Waals surface area contributed by atoms with Crippen LogP contribution in [0, 0.1) is 11.8 Å². The van der Waals surface area contributed by atoms with E-state index < -0.39 is 5.91 Å². The number of hydrogen-bond donors (Lipinski definition) is 3. The number of amides is 1. The van der Waals surface area contributed by atoms with Crippen molar-refractivity contribution in [2.45, 2.75) is 6.54 Å². The number of aromatic nitrogens is 2. The number of benzene rings is 1. The second-order valence-corrected chi connectivity index (χ2v) is 8.54. The van der Waals surface area contributed by atoms with Crippen molar-refractivity contribution < 1.29 is 9.21 Å². The summed E-state index contributed by atoms with van der Waals surface area (Å²) in [5.41, 5.74) is 8.91. The first-order chi connectivity index (χ1) is 15.0. The highest BCUT2D eigenvalue weighted by Gasteiger charge is 2.35. The molecule has 0 bridgehead atoms. The number of carbonyl (C=O) groups is 1. The number of nitrogens with zero attached hydrogens (tertiary/aromatic N) is 3. The maximum absolute atomic E-state index is 12.3. The van der Waals surface area contributed by atoms with Crippen molar-refractivity contribution in [2.24, 2.45) is 11.8 Å². The summed E-state index contributed by atoms with van der Waals surface area (Å²) >= 11 is 6.27. The number of nitrogen functional groups attached to an aromatic ring is 1. The Morgan fingerprint density at radius 1 is 1.23 bits per heavy atom. The average Bonchev–Trinajstić information content (AvgIpc) is 3.47. The zero-order valence-corrected chi connectivity index (χ0v) is 17.6. The first-order valence-electron chi connectivity index (χ1n) is 10.3. The molecule has 0 saturated carbocycles. The lowest BCUT2D eigenvalue weighted by molar-refractivity contribution is 0.102. The molecule has 3 aromatic rings. The van der Waals surface area contributed by atoms with Crippen molar-refractivity contribution >= 4 is 29.2 Å². The predicted octanol–water partition coefficient (Wildman–Crippen LogP) is 2.88. The molecule has 0 aliphatic carbocycles. The van der Waals surface area contributed by atoms with Crippen LogP contribution in [0.4, 0.5) is 11.7 Å². The summed E-state index contributed by atoms with van der Waals surface area (Å²) in [5.74, 6) is 1.10. The number of pyridine rings is 1. The van der Waals surface area contributed by atoms with E-state index in [1.54, 1.807) is 6.07 Å². The lowest BCUT2D eigenvalue weighted by atomic mass is 10.0. The predicted molar refractivity (Wildman–Crippen MR) is 119 cm³/mol. The fourth-order valence-electron chi connectivity index (χ4n) is 4.38. The van der Waals surface area contributed by atoms with Crippen LogP contribution in [-0.2, 0) is 6.54 Å². The quantitative estimate of drug-likeness (QED) is 0.561. The number of oxazole rings is 1. The Morgan fingerprint density at radius 2 is 2.00 bits per heavy atom. The van der Waals surface area contributed by atoms with Gasteiger partial charge in [0.1, 0.15) is 6.26 Å². The highest BCUT2D eigenvalue weighted by molar-refractivity contribution is 6.34. The standard InChI is InChI=1S/C22H23ClN6O2/c23-18-4-2-13(5-19(18)27-21(30)20-12-31-22(24)28-20)14-1-3-17(26-8-14)11-29-9-15-6-25-7-16(15)10-29/h1-5,8,12,15-16,25H,6-7,9-11H2,(H2,24,28)(H,27,30). The van der Waals surface area contributed by atoms with Crippen LogP contribution in [0.5, 0.6) is 0 Å². The molecule has 0 spiro atoms. The summed E-state index contributed by atoms with van der Waals surface area (Å²) < 4.78 is 4.88. The summed E-state index contributed by atoms with van der Waals surface area (Å²) in [7, 11) is 0. The number of likely N-dealkylation sites (tertiary alicyclic amines) is 1. The van der Waals surface area contributed by atoms with E-state index in [0.29, 0.717) is 10.7 Å². The third-order valence-corrected chi connectivity index (χ3v) is 6.31. The van der Waals surface area contributed by atoms with Gasteiger partial charge >= 0.3 is 0 Å². The molecule has 8 nitrogen and oxygen atoms in total. The maximum atomic E-state index is 12.3. The maximum Gasteiger partial charge on any atom is 0.292 e. The molecule has 9 heteroatoms. The molecule has 1 aromatic carbocycles. The van der Waals surface area contributed by atoms with E-state index in [4.69, 9.17) is 21.8 Å². The first kappa shape index (κ1) is 20.0. The minimum absolute atomic E-state index is 0.0648. The van der Waals surface area contributed by atoms with Crippen LogP contribution in [0.3, 0.4) is 0 Å². The summed E-state index contributed by atoms with van der Waals surface area (Å²) in [6.45, 7) is 5.41. The Hall–Kier alpha value is -2.94. The molecule has 2 aliphatic heterocycles. The zero-order valence-electron chi connectivity index (χ0n) is 16.8. The van der Waals surface area contributed by atoms with Crippen LogP contribution in [0.15, 0.2) is 47.2 Å². The van der Waals surface area contributed by atoms with E-state index in [0.717, 1.165) is 61.4 Å². The number of halogens is 1. The minimum atomic E-state index is -0.446. The molecule has 2 saturated heterocycles. The molecule has 5 rings (SSSR count). The molecule has 1 amide bonds. The summed E-state index contributed by atoms with van der Waals surface area (Å²) in [6.07, 6.45) is 3.07. The molecule has 160 valence electrons. The van der Waals surface area contributed by atoms with Gasteiger partial charge in [-0.3, -0.25) is 14.7 Å². The van der Waals surface area contributed by atoms with Crippen LogP contribution >= 0.6 is 11.6 Å². The van der Waals surface area contributed by atoms with Gasteiger partial charge in [-0.2, -0.15) is 4.98 Å². The molecule has 4 heterocycles. The van der Waals surface area contributed by atoms with Gasteiger partial charge in [0.25, 0.3) is 11.9 Å². The highest BCUT2D eigenvalue weighted by Crippen LogP contribution is 2.30. The van der Waals surface area contributed by atoms with Crippen molar-refractivity contribution in [3.05, 3.63) is 59.2 Å². The smallest absolute Gasteiger partial charge is 0.292 e. The van der Waals surface area contributed by atoms with Crippen LogP contribution in [0.2, 0.25) is 5.02 Å². The Balaban J connectivity index is 1.27. The van der Waals surface area contributed by atoms with Crippen LogP contribution in [0.25, 0.3) is 11.1 Å². The van der Waals surface area contributed by atoms with Gasteiger partial charge in [-0.15, -0.1) is 0 Å². The van der Waals surface area contributed by atoms with Crippen LogP contribution in [-0.4, -0.2) is 47.0 Å². The summed E-state index contributed by atoms with van der Waals surface area (Å²) in [6, 6.07) is 9.51. The molecule has 2 aliphatic rings. The van der Waals surface area contributed by atoms with Crippen LogP contribution < -0.4 is 16.4 Å². The zero-order chi connectivity index (χ0) is 21.4. The molecule has 2 aromatic heterocycles. The van der Waals surface area contributed by atoms with E-state index in [1.165, 1.54) is 6.26 Å². The van der Waals surface area contributed by atoms with Gasteiger partial charge in [-0.25, -0.2) is 0 Å². The number of nitrogens with one attached hydrogen (secondary N) is 2. The SMILES string of the molecule is Nc1nc(C(=O)Nc2cc(-c3ccc(CN4CC5CNCC5C4)nc3)ccc2Cl)co1. The van der Waals surface area contributed by atoms with E-state index in [2.05, 4.69) is 31.6 Å². The molecule has 2 atom stereocenters. The normalized spacial score (nSPS) is 20.7. The topological polar surface area (TPSA) is 109 Å². The second kappa shape index (κ2) is 8.30. The van der Waals surface area contributed by atoms with Crippen molar-refractivity contribution in [1.82, 2.24) is 20.2 Å². The van der Waals surface area contributed by atoms with E-state index in [1.807, 2.05) is 24.4 Å². The third kappa shape index (κ3) is 4.27. The Bertz CT molecular complexity index is 1090. The van der Waals surface area contributed by atoms with Gasteiger partial charge in [0.15, 0.2) is 5.69 Å². The van der Waals surface area contributed by atoms with Gasteiger partial charge in [0.05, 0.1) is 16.4 Å². The largest absolute Gasteiger partial charge is 0.431 e. The number of rotatable bonds is 5. The molecule has 4 N–H and O–H groups in total. The molecule has 31 heavy (non-hydrogen) atoms. The Kier molecular flexibility index (Phi) is 5.35. The fourth-order valence-corrected chi connectivity index (χ4v) is 4.54. The van der Waals surface area contributed by atoms with Gasteiger partial charge < -0.3 is 20.8 Å². The molecule has 0 radical (unpaired) electrons. The average molecular weight is 439 g/mol. The third-order valence-electron chi connectivity index (χ3n) is 5.98. The summed E-state index contributed by atoms with van der Waals surface area (Å²) in [4.78, 5) is 23.3. The molecule has 2 fully saturated rings. The first-order valence-corrected chi connectivity index (χ1v) is 10.6. The number of hydrogen-bond acceptors (Lipinski definition) is 7. The van der Waals surface area contributed by atoms with Gasteiger partial charge in [0, 0.05) is 31.4 Å². The highest BCUT2D eigenvalue weighted by atomic mass is 35.5. The molecular weight excluding hydrogens is 416 g/mol. The van der Waals surface area contributed by atoms with Gasteiger partial charge in [-0.05, 0) is 48.7 Å². The second-order valence-electron chi connectivity index (χ2n) is 8.13. The molecular formula is C22H23ClN6O2. The van der Waals surface area contributed by atoms with Crippen molar-refractivity contribution in [3.8, 4) is 11.1 Å². The fraction of sp³-hybridized carbons (Fsp3) is 0.318. The van der Waals surface area contributed by atoms with Crippen molar-refractivity contribution in [3.63, 3.8) is 0 Å². The number of carbonyl (C=O) groups excluding carboxylic acids is 1. The number of fused-ring (bicyclic) bond motifs is 1. The van der Waals surface area contributed by atoms with Crippen molar-refractivity contribution in [2.75, 3.05) is 37.2 Å².